The summed E-state index contributed by atoms with van der Waals surface area (Å²) in [5.41, 5.74) is 1.43. The quantitative estimate of drug-likeness (QED) is 0.230. The lowest BCUT2D eigenvalue weighted by Gasteiger charge is -2.12. The Hall–Kier alpha value is -1.67. The highest BCUT2D eigenvalue weighted by atomic mass is 127. The summed E-state index contributed by atoms with van der Waals surface area (Å²) >= 11 is 5.03. The van der Waals surface area contributed by atoms with Gasteiger partial charge in [-0.15, -0.1) is 0 Å². The number of rotatable bonds is 7. The van der Waals surface area contributed by atoms with Gasteiger partial charge in [-0.05, 0) is 105 Å². The SMILES string of the molecule is CCOC(=O)CN1C(=O)S/C(=C/c2cc(I)c(OCc3cccc(F)c3)c(I)c2)C1=O. The summed E-state index contributed by atoms with van der Waals surface area (Å²) in [5, 5.41) is -0.510. The standard InChI is InChI=1S/C21H16FI2NO5S/c1-2-29-18(26)10-25-20(27)17(31-21(25)28)9-13-7-15(23)19(16(24)8-13)30-11-12-4-3-5-14(22)6-12/h3-9H,2,10-11H2,1H3/b17-9+. The fourth-order valence-corrected chi connectivity index (χ4v) is 5.67. The van der Waals surface area contributed by atoms with Crippen molar-refractivity contribution in [1.29, 1.82) is 0 Å². The number of thioether (sulfide) groups is 1. The average molecular weight is 667 g/mol. The lowest BCUT2D eigenvalue weighted by molar-refractivity contribution is -0.145. The van der Waals surface area contributed by atoms with Gasteiger partial charge in [-0.1, -0.05) is 12.1 Å². The van der Waals surface area contributed by atoms with E-state index in [0.29, 0.717) is 16.9 Å². The van der Waals surface area contributed by atoms with Gasteiger partial charge in [-0.25, -0.2) is 4.39 Å². The van der Waals surface area contributed by atoms with Crippen molar-refractivity contribution in [1.82, 2.24) is 4.90 Å². The first-order valence-electron chi connectivity index (χ1n) is 9.05. The normalized spacial score (nSPS) is 15.0. The molecule has 1 saturated heterocycles. The molecule has 1 heterocycles. The first kappa shape index (κ1) is 24.0. The second kappa shape index (κ2) is 10.8. The lowest BCUT2D eigenvalue weighted by atomic mass is 10.2. The highest BCUT2D eigenvalue weighted by Gasteiger charge is 2.36. The molecule has 1 aliphatic heterocycles. The third kappa shape index (κ3) is 6.19. The molecule has 1 aliphatic rings. The fraction of sp³-hybridized carbons (Fsp3) is 0.190. The minimum Gasteiger partial charge on any atom is -0.487 e. The van der Waals surface area contributed by atoms with Crippen LogP contribution in [0.1, 0.15) is 18.1 Å². The molecule has 0 radical (unpaired) electrons. The van der Waals surface area contributed by atoms with Crippen LogP contribution in [0.4, 0.5) is 9.18 Å². The topological polar surface area (TPSA) is 72.9 Å². The van der Waals surface area contributed by atoms with Gasteiger partial charge in [0.15, 0.2) is 0 Å². The zero-order valence-corrected chi connectivity index (χ0v) is 21.3. The van der Waals surface area contributed by atoms with E-state index in [1.54, 1.807) is 25.1 Å². The number of carbonyl (C=O) groups is 3. The molecule has 0 atom stereocenters. The Morgan fingerprint density at radius 1 is 1.19 bits per heavy atom. The largest absolute Gasteiger partial charge is 0.487 e. The Kier molecular flexibility index (Phi) is 8.33. The Labute approximate surface area is 209 Å². The van der Waals surface area contributed by atoms with Gasteiger partial charge < -0.3 is 9.47 Å². The number of carbonyl (C=O) groups excluding carboxylic acids is 3. The van der Waals surface area contributed by atoms with E-state index in [1.165, 1.54) is 12.1 Å². The molecule has 0 N–H and O–H groups in total. The maximum Gasteiger partial charge on any atom is 0.326 e. The van der Waals surface area contributed by atoms with Crippen LogP contribution in [0.15, 0.2) is 41.3 Å². The first-order valence-corrected chi connectivity index (χ1v) is 12.0. The summed E-state index contributed by atoms with van der Waals surface area (Å²) in [6, 6.07) is 9.85. The predicted octanol–water partition coefficient (Wildman–Crippen LogP) is 5.21. The molecule has 2 aromatic carbocycles. The predicted molar refractivity (Wildman–Crippen MR) is 132 cm³/mol. The molecule has 1 fully saturated rings. The fourth-order valence-electron chi connectivity index (χ4n) is 2.71. The summed E-state index contributed by atoms with van der Waals surface area (Å²) in [4.78, 5) is 37.4. The van der Waals surface area contributed by atoms with Gasteiger partial charge in [0.05, 0.1) is 18.7 Å². The minimum atomic E-state index is -0.630. The summed E-state index contributed by atoms with van der Waals surface area (Å²) < 4.78 is 25.6. The molecular formula is C21H16FI2NO5S. The third-order valence-electron chi connectivity index (χ3n) is 4.06. The van der Waals surface area contributed by atoms with Crippen molar-refractivity contribution in [3.63, 3.8) is 0 Å². The van der Waals surface area contributed by atoms with E-state index >= 15 is 0 Å². The monoisotopic (exact) mass is 667 g/mol. The molecule has 0 bridgehead atoms. The van der Waals surface area contributed by atoms with Crippen LogP contribution in [-0.4, -0.2) is 35.2 Å². The molecule has 0 saturated carbocycles. The van der Waals surface area contributed by atoms with Crippen molar-refractivity contribution in [2.45, 2.75) is 13.5 Å². The third-order valence-corrected chi connectivity index (χ3v) is 6.57. The molecule has 2 amide bonds. The van der Waals surface area contributed by atoms with Gasteiger partial charge in [0.2, 0.25) is 0 Å². The van der Waals surface area contributed by atoms with Crippen LogP contribution >= 0.6 is 56.9 Å². The van der Waals surface area contributed by atoms with E-state index in [0.717, 1.165) is 23.8 Å². The molecule has 0 aliphatic carbocycles. The molecule has 162 valence electrons. The van der Waals surface area contributed by atoms with Crippen LogP contribution in [0.3, 0.4) is 0 Å². The van der Waals surface area contributed by atoms with Gasteiger partial charge in [-0.3, -0.25) is 19.3 Å². The molecule has 2 aromatic rings. The minimum absolute atomic E-state index is 0.176. The van der Waals surface area contributed by atoms with Crippen molar-refractivity contribution < 1.29 is 28.2 Å². The molecular weight excluding hydrogens is 651 g/mol. The highest BCUT2D eigenvalue weighted by Crippen LogP contribution is 2.35. The van der Waals surface area contributed by atoms with Crippen LogP contribution in [0.2, 0.25) is 0 Å². The van der Waals surface area contributed by atoms with E-state index in [-0.39, 0.29) is 23.9 Å². The number of nitrogens with zero attached hydrogens (tertiary/aromatic N) is 1. The number of hydrogen-bond donors (Lipinski definition) is 0. The van der Waals surface area contributed by atoms with Crippen molar-refractivity contribution in [3.8, 4) is 5.75 Å². The van der Waals surface area contributed by atoms with Gasteiger partial charge in [-0.2, -0.15) is 0 Å². The number of hydrogen-bond acceptors (Lipinski definition) is 6. The molecule has 6 nitrogen and oxygen atoms in total. The van der Waals surface area contributed by atoms with Crippen molar-refractivity contribution in [3.05, 3.63) is 65.4 Å². The molecule has 0 spiro atoms. The maximum atomic E-state index is 13.3. The van der Waals surface area contributed by atoms with E-state index in [1.807, 2.05) is 12.1 Å². The van der Waals surface area contributed by atoms with Crippen LogP contribution in [0.25, 0.3) is 6.08 Å². The second-order valence-corrected chi connectivity index (χ2v) is 9.62. The molecule has 31 heavy (non-hydrogen) atoms. The second-order valence-electron chi connectivity index (χ2n) is 6.31. The number of imide groups is 1. The maximum absolute atomic E-state index is 13.3. The van der Waals surface area contributed by atoms with Gasteiger partial charge >= 0.3 is 5.97 Å². The zero-order chi connectivity index (χ0) is 22.5. The Morgan fingerprint density at radius 3 is 2.55 bits per heavy atom. The van der Waals surface area contributed by atoms with Crippen LogP contribution in [-0.2, 0) is 20.9 Å². The summed E-state index contributed by atoms with van der Waals surface area (Å²) in [6.45, 7) is 1.64. The first-order chi connectivity index (χ1) is 14.8. The lowest BCUT2D eigenvalue weighted by Crippen LogP contribution is -2.34. The van der Waals surface area contributed by atoms with Gasteiger partial charge in [0.1, 0.15) is 24.7 Å². The highest BCUT2D eigenvalue weighted by molar-refractivity contribution is 14.1. The Bertz CT molecular complexity index is 1050. The number of amides is 2. The van der Waals surface area contributed by atoms with Crippen molar-refractivity contribution in [2.75, 3.05) is 13.2 Å². The zero-order valence-electron chi connectivity index (χ0n) is 16.2. The Morgan fingerprint density at radius 2 is 1.90 bits per heavy atom. The van der Waals surface area contributed by atoms with E-state index in [4.69, 9.17) is 9.47 Å². The summed E-state index contributed by atoms with van der Waals surface area (Å²) in [5.74, 6) is -0.829. The van der Waals surface area contributed by atoms with Crippen molar-refractivity contribution >= 4 is 80.1 Å². The van der Waals surface area contributed by atoms with Crippen LogP contribution in [0, 0.1) is 13.0 Å². The summed E-state index contributed by atoms with van der Waals surface area (Å²) in [6.07, 6.45) is 1.61. The number of halogens is 3. The number of esters is 1. The number of benzene rings is 2. The van der Waals surface area contributed by atoms with Crippen molar-refractivity contribution in [2.24, 2.45) is 0 Å². The van der Waals surface area contributed by atoms with E-state index in [2.05, 4.69) is 45.2 Å². The van der Waals surface area contributed by atoms with Crippen LogP contribution in [0.5, 0.6) is 5.75 Å². The molecule has 0 aromatic heterocycles. The summed E-state index contributed by atoms with van der Waals surface area (Å²) in [7, 11) is 0. The van der Waals surface area contributed by atoms with E-state index in [9.17, 15) is 18.8 Å². The molecule has 0 unspecified atom stereocenters. The molecule has 10 heteroatoms. The average Bonchev–Trinajstić information content (AvgIpc) is 2.95. The Balaban J connectivity index is 1.75. The van der Waals surface area contributed by atoms with Gasteiger partial charge in [0, 0.05) is 0 Å². The number of ether oxygens (including phenoxy) is 2. The smallest absolute Gasteiger partial charge is 0.326 e. The van der Waals surface area contributed by atoms with Gasteiger partial charge in [0.25, 0.3) is 11.1 Å². The van der Waals surface area contributed by atoms with Crippen LogP contribution < -0.4 is 4.74 Å². The molecule has 3 rings (SSSR count). The van der Waals surface area contributed by atoms with E-state index < -0.39 is 23.7 Å².